The third-order valence-electron chi connectivity index (χ3n) is 2.50. The van der Waals surface area contributed by atoms with Gasteiger partial charge in [0.25, 0.3) is 0 Å². The van der Waals surface area contributed by atoms with Crippen LogP contribution in [0.3, 0.4) is 0 Å². The molecule has 0 aliphatic carbocycles. The maximum absolute atomic E-state index is 10.5. The molecule has 0 unspecified atom stereocenters. The minimum absolute atomic E-state index is 0.0729. The molecule has 2 heterocycles. The quantitative estimate of drug-likeness (QED) is 0.814. The number of rotatable bonds is 6. The van der Waals surface area contributed by atoms with Crippen LogP contribution in [0.4, 0.5) is 0 Å². The van der Waals surface area contributed by atoms with Crippen molar-refractivity contribution < 1.29 is 14.6 Å². The molecule has 0 saturated heterocycles. The molecule has 2 aromatic rings. The van der Waals surface area contributed by atoms with Gasteiger partial charge in [0.05, 0.1) is 12.7 Å². The number of hydrogen-bond donors (Lipinski definition) is 1. The Balaban J connectivity index is 2.21. The second-order valence-electron chi connectivity index (χ2n) is 3.78. The molecule has 0 aliphatic heterocycles. The van der Waals surface area contributed by atoms with E-state index in [0.717, 1.165) is 0 Å². The molecule has 0 saturated carbocycles. The summed E-state index contributed by atoms with van der Waals surface area (Å²) >= 11 is 0. The molecule has 0 fully saturated rings. The Hall–Kier alpha value is -2.51. The number of ether oxygens (including phenoxy) is 1. The lowest BCUT2D eigenvalue weighted by atomic mass is 10.2. The van der Waals surface area contributed by atoms with E-state index in [4.69, 9.17) is 9.84 Å². The highest BCUT2D eigenvalue weighted by molar-refractivity contribution is 5.66. The maximum atomic E-state index is 10.5. The molecule has 8 nitrogen and oxygen atoms in total. The van der Waals surface area contributed by atoms with Gasteiger partial charge in [-0.25, -0.2) is 9.67 Å². The average Bonchev–Trinajstić information content (AvgIpc) is 2.86. The SMILES string of the molecule is COc1ncccc1-c1nnnn1CCCC(=O)O. The van der Waals surface area contributed by atoms with Crippen molar-refractivity contribution in [3.05, 3.63) is 18.3 Å². The van der Waals surface area contributed by atoms with E-state index in [0.29, 0.717) is 30.2 Å². The first kappa shape index (κ1) is 12.9. The van der Waals surface area contributed by atoms with Crippen molar-refractivity contribution in [2.45, 2.75) is 19.4 Å². The van der Waals surface area contributed by atoms with Gasteiger partial charge < -0.3 is 9.84 Å². The zero-order chi connectivity index (χ0) is 13.7. The molecule has 8 heteroatoms. The van der Waals surface area contributed by atoms with E-state index in [-0.39, 0.29) is 6.42 Å². The van der Waals surface area contributed by atoms with Crippen molar-refractivity contribution in [2.75, 3.05) is 7.11 Å². The topological polar surface area (TPSA) is 103 Å². The number of aromatic nitrogens is 5. The summed E-state index contributed by atoms with van der Waals surface area (Å²) in [6, 6.07) is 3.55. The van der Waals surface area contributed by atoms with E-state index in [1.54, 1.807) is 23.0 Å². The molecule has 2 aromatic heterocycles. The monoisotopic (exact) mass is 263 g/mol. The van der Waals surface area contributed by atoms with Gasteiger partial charge in [0.15, 0.2) is 5.82 Å². The standard InChI is InChI=1S/C11H13N5O3/c1-19-11-8(4-2-6-12-11)10-13-14-15-16(10)7-3-5-9(17)18/h2,4,6H,3,5,7H2,1H3,(H,17,18). The van der Waals surface area contributed by atoms with Gasteiger partial charge in [-0.1, -0.05) is 0 Å². The van der Waals surface area contributed by atoms with Crippen molar-refractivity contribution >= 4 is 5.97 Å². The summed E-state index contributed by atoms with van der Waals surface area (Å²) in [5.41, 5.74) is 0.672. The van der Waals surface area contributed by atoms with Crippen molar-refractivity contribution in [1.29, 1.82) is 0 Å². The molecule has 0 bridgehead atoms. The number of carboxylic acids is 1. The molecular formula is C11H13N5O3. The Kier molecular flexibility index (Phi) is 4.01. The highest BCUT2D eigenvalue weighted by Gasteiger charge is 2.14. The Labute approximate surface area is 109 Å². The molecule has 2 rings (SSSR count). The number of pyridine rings is 1. The van der Waals surface area contributed by atoms with Gasteiger partial charge in [0.1, 0.15) is 0 Å². The van der Waals surface area contributed by atoms with Crippen LogP contribution in [0.5, 0.6) is 5.88 Å². The summed E-state index contributed by atoms with van der Waals surface area (Å²) in [7, 11) is 1.52. The van der Waals surface area contributed by atoms with Gasteiger partial charge >= 0.3 is 5.97 Å². The Morgan fingerprint density at radius 1 is 1.53 bits per heavy atom. The third-order valence-corrected chi connectivity index (χ3v) is 2.50. The molecule has 0 amide bonds. The number of nitrogens with zero attached hydrogens (tertiary/aromatic N) is 5. The number of aliphatic carboxylic acids is 1. The number of carboxylic acid groups (broad SMARTS) is 1. The highest BCUT2D eigenvalue weighted by Crippen LogP contribution is 2.24. The van der Waals surface area contributed by atoms with Crippen molar-refractivity contribution in [2.24, 2.45) is 0 Å². The van der Waals surface area contributed by atoms with E-state index in [9.17, 15) is 4.79 Å². The van der Waals surface area contributed by atoms with Crippen LogP contribution in [-0.2, 0) is 11.3 Å². The molecule has 0 spiro atoms. The normalized spacial score (nSPS) is 10.4. The summed E-state index contributed by atoms with van der Waals surface area (Å²) in [5, 5.41) is 20.0. The molecule has 0 aromatic carbocycles. The highest BCUT2D eigenvalue weighted by atomic mass is 16.5. The maximum Gasteiger partial charge on any atom is 0.303 e. The fourth-order valence-corrected chi connectivity index (χ4v) is 1.65. The minimum Gasteiger partial charge on any atom is -0.481 e. The smallest absolute Gasteiger partial charge is 0.303 e. The second kappa shape index (κ2) is 5.89. The molecule has 0 aliphatic rings. The lowest BCUT2D eigenvalue weighted by molar-refractivity contribution is -0.137. The first-order chi connectivity index (χ1) is 9.22. The largest absolute Gasteiger partial charge is 0.481 e. The lowest BCUT2D eigenvalue weighted by Gasteiger charge is -2.06. The van der Waals surface area contributed by atoms with E-state index in [1.807, 2.05) is 0 Å². The van der Waals surface area contributed by atoms with Gasteiger partial charge in [-0.3, -0.25) is 4.79 Å². The predicted octanol–water partition coefficient (Wildman–Crippen LogP) is 0.608. The Morgan fingerprint density at radius 3 is 3.11 bits per heavy atom. The Morgan fingerprint density at radius 2 is 2.37 bits per heavy atom. The van der Waals surface area contributed by atoms with E-state index < -0.39 is 5.97 Å². The zero-order valence-corrected chi connectivity index (χ0v) is 10.4. The van der Waals surface area contributed by atoms with Gasteiger partial charge in [-0.15, -0.1) is 5.10 Å². The molecule has 100 valence electrons. The van der Waals surface area contributed by atoms with Crippen molar-refractivity contribution in [3.8, 4) is 17.3 Å². The number of hydrogen-bond acceptors (Lipinski definition) is 6. The first-order valence-electron chi connectivity index (χ1n) is 5.69. The van der Waals surface area contributed by atoms with Crippen LogP contribution < -0.4 is 4.74 Å². The molecule has 1 N–H and O–H groups in total. The fourth-order valence-electron chi connectivity index (χ4n) is 1.65. The fraction of sp³-hybridized carbons (Fsp3) is 0.364. The Bertz CT molecular complexity index is 569. The minimum atomic E-state index is -0.839. The van der Waals surface area contributed by atoms with Crippen LogP contribution in [-0.4, -0.2) is 43.4 Å². The summed E-state index contributed by atoms with van der Waals surface area (Å²) in [4.78, 5) is 14.6. The lowest BCUT2D eigenvalue weighted by Crippen LogP contribution is -2.06. The van der Waals surface area contributed by atoms with Crippen molar-refractivity contribution in [1.82, 2.24) is 25.2 Å². The zero-order valence-electron chi connectivity index (χ0n) is 10.4. The molecule has 0 atom stereocenters. The van der Waals surface area contributed by atoms with Crippen LogP contribution in [0.15, 0.2) is 18.3 Å². The third kappa shape index (κ3) is 3.03. The number of methoxy groups -OCH3 is 1. The van der Waals surface area contributed by atoms with E-state index >= 15 is 0 Å². The summed E-state index contributed by atoms with van der Waals surface area (Å²) in [6.45, 7) is 0.423. The van der Waals surface area contributed by atoms with E-state index in [2.05, 4.69) is 20.5 Å². The summed E-state index contributed by atoms with van der Waals surface area (Å²) in [6.07, 6.45) is 2.14. The summed E-state index contributed by atoms with van der Waals surface area (Å²) < 4.78 is 6.70. The van der Waals surface area contributed by atoms with E-state index in [1.165, 1.54) is 7.11 Å². The van der Waals surface area contributed by atoms with Crippen LogP contribution >= 0.6 is 0 Å². The average molecular weight is 263 g/mol. The van der Waals surface area contributed by atoms with Crippen LogP contribution in [0.25, 0.3) is 11.4 Å². The number of aryl methyl sites for hydroxylation is 1. The number of carbonyl (C=O) groups is 1. The predicted molar refractivity (Wildman–Crippen MR) is 64.5 cm³/mol. The van der Waals surface area contributed by atoms with Crippen molar-refractivity contribution in [3.63, 3.8) is 0 Å². The van der Waals surface area contributed by atoms with Gasteiger partial charge in [0, 0.05) is 19.2 Å². The van der Waals surface area contributed by atoms with Crippen LogP contribution in [0, 0.1) is 0 Å². The van der Waals surface area contributed by atoms with Crippen LogP contribution in [0.2, 0.25) is 0 Å². The van der Waals surface area contributed by atoms with Gasteiger partial charge in [-0.05, 0) is 29.0 Å². The van der Waals surface area contributed by atoms with Gasteiger partial charge in [0.2, 0.25) is 5.88 Å². The molecule has 0 radical (unpaired) electrons. The molecule has 19 heavy (non-hydrogen) atoms. The summed E-state index contributed by atoms with van der Waals surface area (Å²) in [5.74, 6) is 0.0979. The first-order valence-corrected chi connectivity index (χ1v) is 5.69. The molecular weight excluding hydrogens is 250 g/mol. The number of tetrazole rings is 1. The van der Waals surface area contributed by atoms with Gasteiger partial charge in [-0.2, -0.15) is 0 Å². The van der Waals surface area contributed by atoms with Crippen LogP contribution in [0.1, 0.15) is 12.8 Å². The second-order valence-corrected chi connectivity index (χ2v) is 3.78.